The van der Waals surface area contributed by atoms with Gasteiger partial charge in [-0.2, -0.15) is 5.10 Å². The normalized spacial score (nSPS) is 11.3. The number of aromatic nitrogens is 2. The van der Waals surface area contributed by atoms with Crippen LogP contribution in [0.4, 0.5) is 11.5 Å². The number of aryl methyl sites for hydroxylation is 2. The molecule has 1 heterocycles. The summed E-state index contributed by atoms with van der Waals surface area (Å²) in [5.41, 5.74) is 2.98. The third-order valence-electron chi connectivity index (χ3n) is 6.05. The molecule has 0 aliphatic heterocycles. The van der Waals surface area contributed by atoms with E-state index in [1.165, 1.54) is 11.0 Å². The fourth-order valence-electron chi connectivity index (χ4n) is 3.87. The summed E-state index contributed by atoms with van der Waals surface area (Å²) in [5.74, 6) is -0.288. The summed E-state index contributed by atoms with van der Waals surface area (Å²) in [6.45, 7) is 11.9. The van der Waals surface area contributed by atoms with E-state index in [1.807, 2.05) is 65.0 Å². The molecule has 0 atom stereocenters. The molecule has 0 fully saturated rings. The quantitative estimate of drug-likeness (QED) is 0.302. The minimum atomic E-state index is -0.505. The number of anilines is 1. The van der Waals surface area contributed by atoms with E-state index in [0.29, 0.717) is 24.3 Å². The van der Waals surface area contributed by atoms with Crippen LogP contribution in [-0.4, -0.2) is 44.5 Å². The molecule has 1 N–H and O–H groups in total. The Balaban J connectivity index is 1.89. The Morgan fingerprint density at radius 1 is 1.11 bits per heavy atom. The lowest BCUT2D eigenvalue weighted by atomic mass is 9.92. The van der Waals surface area contributed by atoms with Gasteiger partial charge in [0.25, 0.3) is 11.6 Å². The number of nitro groups is 1. The molecule has 9 heteroatoms. The molecule has 0 aliphatic rings. The van der Waals surface area contributed by atoms with E-state index in [9.17, 15) is 19.7 Å². The molecule has 37 heavy (non-hydrogen) atoms. The first kappa shape index (κ1) is 27.6. The van der Waals surface area contributed by atoms with Crippen LogP contribution in [0, 0.1) is 24.0 Å². The Morgan fingerprint density at radius 2 is 1.84 bits per heavy atom. The smallest absolute Gasteiger partial charge is 0.273 e. The number of nitro benzene ring substituents is 1. The van der Waals surface area contributed by atoms with E-state index in [2.05, 4.69) is 5.32 Å². The van der Waals surface area contributed by atoms with Crippen LogP contribution in [-0.2, 0) is 10.2 Å². The zero-order valence-electron chi connectivity index (χ0n) is 22.4. The maximum atomic E-state index is 13.3. The molecule has 0 radical (unpaired) electrons. The van der Waals surface area contributed by atoms with Gasteiger partial charge in [0, 0.05) is 35.2 Å². The number of nitrogens with one attached hydrogen (secondary N) is 1. The zero-order valence-corrected chi connectivity index (χ0v) is 22.4. The van der Waals surface area contributed by atoms with Crippen LogP contribution in [0.15, 0.2) is 48.5 Å². The maximum absolute atomic E-state index is 13.3. The first-order valence-corrected chi connectivity index (χ1v) is 12.4. The van der Waals surface area contributed by atoms with Crippen LogP contribution in [0.25, 0.3) is 5.69 Å². The van der Waals surface area contributed by atoms with E-state index in [4.69, 9.17) is 5.10 Å². The predicted octanol–water partition coefficient (Wildman–Crippen LogP) is 5.58. The summed E-state index contributed by atoms with van der Waals surface area (Å²) in [6, 6.07) is 14.1. The molecule has 1 aromatic heterocycles. The Morgan fingerprint density at radius 3 is 2.46 bits per heavy atom. The molecule has 0 saturated carbocycles. The molecule has 0 spiro atoms. The van der Waals surface area contributed by atoms with Gasteiger partial charge in [0.15, 0.2) is 0 Å². The Hall–Kier alpha value is -4.01. The van der Waals surface area contributed by atoms with E-state index in [0.717, 1.165) is 23.4 Å². The topological polar surface area (TPSA) is 110 Å². The number of carbonyl (C=O) groups is 2. The summed E-state index contributed by atoms with van der Waals surface area (Å²) >= 11 is 0. The number of carbonyl (C=O) groups excluding carboxylic acids is 2. The standard InChI is InChI=1S/C28H35N5O4/c1-7-8-14-31(27(35)21-13-12-20(3)23(16-21)33(36)37)18-26(34)29-25-17-24(28(4,5)6)30-32(25)22-11-9-10-19(2)15-22/h9-13,15-17H,7-8,14,18H2,1-6H3,(H,29,34). The fraction of sp³-hybridized carbons (Fsp3) is 0.393. The van der Waals surface area contributed by atoms with Crippen LogP contribution < -0.4 is 5.32 Å². The van der Waals surface area contributed by atoms with Crippen LogP contribution in [0.3, 0.4) is 0 Å². The van der Waals surface area contributed by atoms with Crippen molar-refractivity contribution in [2.75, 3.05) is 18.4 Å². The van der Waals surface area contributed by atoms with E-state index in [-0.39, 0.29) is 29.1 Å². The van der Waals surface area contributed by atoms with Crippen LogP contribution in [0.5, 0.6) is 0 Å². The molecular weight excluding hydrogens is 470 g/mol. The lowest BCUT2D eigenvalue weighted by Gasteiger charge is -2.22. The van der Waals surface area contributed by atoms with Crippen LogP contribution >= 0.6 is 0 Å². The molecule has 0 aliphatic carbocycles. The van der Waals surface area contributed by atoms with Gasteiger partial charge < -0.3 is 10.2 Å². The second-order valence-corrected chi connectivity index (χ2v) is 10.3. The number of unbranched alkanes of at least 4 members (excludes halogenated alkanes) is 1. The maximum Gasteiger partial charge on any atom is 0.273 e. The van der Waals surface area contributed by atoms with Gasteiger partial charge >= 0.3 is 0 Å². The highest BCUT2D eigenvalue weighted by molar-refractivity contribution is 5.99. The first-order chi connectivity index (χ1) is 17.4. The summed E-state index contributed by atoms with van der Waals surface area (Å²) < 4.78 is 1.70. The largest absolute Gasteiger partial charge is 0.329 e. The van der Waals surface area contributed by atoms with Gasteiger partial charge in [0.2, 0.25) is 5.91 Å². The van der Waals surface area contributed by atoms with Crippen molar-refractivity contribution in [2.45, 2.75) is 59.8 Å². The number of nitrogens with zero attached hydrogens (tertiary/aromatic N) is 4. The summed E-state index contributed by atoms with van der Waals surface area (Å²) in [5, 5.41) is 19.1. The number of benzene rings is 2. The van der Waals surface area contributed by atoms with Gasteiger partial charge in [0.05, 0.1) is 16.3 Å². The van der Waals surface area contributed by atoms with E-state index >= 15 is 0 Å². The molecule has 0 saturated heterocycles. The average molecular weight is 506 g/mol. The molecule has 2 aromatic carbocycles. The monoisotopic (exact) mass is 505 g/mol. The van der Waals surface area contributed by atoms with Gasteiger partial charge in [-0.25, -0.2) is 4.68 Å². The van der Waals surface area contributed by atoms with E-state index < -0.39 is 10.8 Å². The van der Waals surface area contributed by atoms with Crippen molar-refractivity contribution in [3.8, 4) is 5.69 Å². The molecule has 196 valence electrons. The zero-order chi connectivity index (χ0) is 27.3. The average Bonchev–Trinajstić information content (AvgIpc) is 3.25. The van der Waals surface area contributed by atoms with Gasteiger partial charge in [-0.3, -0.25) is 19.7 Å². The molecule has 2 amide bonds. The van der Waals surface area contributed by atoms with Crippen molar-refractivity contribution in [3.05, 3.63) is 81.0 Å². The van der Waals surface area contributed by atoms with Crippen LogP contribution in [0.1, 0.15) is 67.7 Å². The lowest BCUT2D eigenvalue weighted by Crippen LogP contribution is -2.39. The molecular formula is C28H35N5O4. The first-order valence-electron chi connectivity index (χ1n) is 12.4. The van der Waals surface area contributed by atoms with Gasteiger partial charge in [-0.15, -0.1) is 0 Å². The lowest BCUT2D eigenvalue weighted by molar-refractivity contribution is -0.385. The van der Waals surface area contributed by atoms with Gasteiger partial charge in [0.1, 0.15) is 12.4 Å². The molecule has 0 bridgehead atoms. The predicted molar refractivity (Wildman–Crippen MR) is 144 cm³/mol. The van der Waals surface area contributed by atoms with Crippen molar-refractivity contribution in [3.63, 3.8) is 0 Å². The van der Waals surface area contributed by atoms with E-state index in [1.54, 1.807) is 23.7 Å². The highest BCUT2D eigenvalue weighted by atomic mass is 16.6. The Bertz CT molecular complexity index is 1310. The molecule has 9 nitrogen and oxygen atoms in total. The van der Waals surface area contributed by atoms with Crippen molar-refractivity contribution in [1.82, 2.24) is 14.7 Å². The van der Waals surface area contributed by atoms with Gasteiger partial charge in [-0.1, -0.05) is 52.3 Å². The minimum Gasteiger partial charge on any atom is -0.329 e. The highest BCUT2D eigenvalue weighted by Crippen LogP contribution is 2.27. The van der Waals surface area contributed by atoms with Crippen molar-refractivity contribution in [2.24, 2.45) is 0 Å². The van der Waals surface area contributed by atoms with Crippen molar-refractivity contribution < 1.29 is 14.5 Å². The fourth-order valence-corrected chi connectivity index (χ4v) is 3.87. The number of hydrogen-bond acceptors (Lipinski definition) is 5. The summed E-state index contributed by atoms with van der Waals surface area (Å²) in [7, 11) is 0. The molecule has 3 aromatic rings. The van der Waals surface area contributed by atoms with Crippen molar-refractivity contribution >= 4 is 23.3 Å². The Kier molecular flexibility index (Phi) is 8.47. The number of amides is 2. The second kappa shape index (κ2) is 11.4. The van der Waals surface area contributed by atoms with Crippen LogP contribution in [0.2, 0.25) is 0 Å². The SMILES string of the molecule is CCCCN(CC(=O)Nc1cc(C(C)(C)C)nn1-c1cccc(C)c1)C(=O)c1ccc(C)c([N+](=O)[O-])c1. The van der Waals surface area contributed by atoms with Gasteiger partial charge in [-0.05, 0) is 44.0 Å². The molecule has 3 rings (SSSR count). The Labute approximate surface area is 217 Å². The highest BCUT2D eigenvalue weighted by Gasteiger charge is 2.24. The van der Waals surface area contributed by atoms with Crippen molar-refractivity contribution in [1.29, 1.82) is 0 Å². The number of rotatable bonds is 9. The molecule has 0 unspecified atom stereocenters. The third-order valence-corrected chi connectivity index (χ3v) is 6.05. The number of hydrogen-bond donors (Lipinski definition) is 1. The summed E-state index contributed by atoms with van der Waals surface area (Å²) in [4.78, 5) is 38.8. The second-order valence-electron chi connectivity index (χ2n) is 10.3. The minimum absolute atomic E-state index is 0.123. The summed E-state index contributed by atoms with van der Waals surface area (Å²) in [6.07, 6.45) is 1.52. The third kappa shape index (κ3) is 6.81.